The van der Waals surface area contributed by atoms with Gasteiger partial charge in [0.2, 0.25) is 0 Å². The van der Waals surface area contributed by atoms with Crippen molar-refractivity contribution >= 4 is 17.6 Å². The van der Waals surface area contributed by atoms with Gasteiger partial charge in [0, 0.05) is 11.9 Å². The topological polar surface area (TPSA) is 103 Å². The number of rotatable bonds is 3. The van der Waals surface area contributed by atoms with Crippen molar-refractivity contribution in [2.75, 3.05) is 5.32 Å². The predicted molar refractivity (Wildman–Crippen MR) is 70.3 cm³/mol. The first-order chi connectivity index (χ1) is 10.0. The van der Waals surface area contributed by atoms with Gasteiger partial charge in [-0.05, 0) is 30.3 Å². The number of nitrogens with zero attached hydrogens (tertiary/aromatic N) is 2. The molecule has 0 fully saturated rings. The second-order valence-corrected chi connectivity index (χ2v) is 4.00. The summed E-state index contributed by atoms with van der Waals surface area (Å²) in [6.45, 7) is 0. The quantitative estimate of drug-likeness (QED) is 0.898. The highest BCUT2D eigenvalue weighted by molar-refractivity contribution is 6.03. The summed E-state index contributed by atoms with van der Waals surface area (Å²) in [6.07, 6.45) is 1.24. The van der Waals surface area contributed by atoms with Crippen LogP contribution >= 0.6 is 0 Å². The van der Waals surface area contributed by atoms with Crippen molar-refractivity contribution in [2.45, 2.75) is 0 Å². The Labute approximate surface area is 118 Å². The van der Waals surface area contributed by atoms with Gasteiger partial charge in [0.05, 0.1) is 11.1 Å². The molecule has 2 N–H and O–H groups in total. The Balaban J connectivity index is 2.21. The van der Waals surface area contributed by atoms with Crippen LogP contribution in [0.25, 0.3) is 0 Å². The van der Waals surface area contributed by atoms with E-state index in [1.807, 2.05) is 6.07 Å². The lowest BCUT2D eigenvalue weighted by Gasteiger charge is -2.06. The highest BCUT2D eigenvalue weighted by Crippen LogP contribution is 2.15. The summed E-state index contributed by atoms with van der Waals surface area (Å²) in [5, 5.41) is 19.8. The number of carbonyl (C=O) groups excluding carboxylic acids is 1. The summed E-state index contributed by atoms with van der Waals surface area (Å²) >= 11 is 0. The number of halogens is 1. The summed E-state index contributed by atoms with van der Waals surface area (Å²) in [6, 6.07) is 7.85. The summed E-state index contributed by atoms with van der Waals surface area (Å²) in [5.74, 6) is -2.92. The fourth-order valence-corrected chi connectivity index (χ4v) is 1.56. The molecule has 0 aliphatic carbocycles. The van der Waals surface area contributed by atoms with E-state index in [-0.39, 0.29) is 11.4 Å². The standard InChI is InChI=1S/C14H8FN3O3/c15-11-3-2-9(5-10(11)14(20)21)18-13(19)12-4-1-8(6-16)7-17-12/h1-5,7H,(H,18,19)(H,20,21). The molecule has 7 heteroatoms. The molecule has 1 aromatic carbocycles. The van der Waals surface area contributed by atoms with Gasteiger partial charge >= 0.3 is 5.97 Å². The normalized spacial score (nSPS) is 9.71. The monoisotopic (exact) mass is 285 g/mol. The molecule has 0 radical (unpaired) electrons. The second kappa shape index (κ2) is 5.79. The van der Waals surface area contributed by atoms with E-state index in [2.05, 4.69) is 10.3 Å². The van der Waals surface area contributed by atoms with Crippen molar-refractivity contribution in [3.63, 3.8) is 0 Å². The molecule has 0 aliphatic heterocycles. The molecule has 0 saturated carbocycles. The lowest BCUT2D eigenvalue weighted by molar-refractivity contribution is 0.0691. The number of aromatic nitrogens is 1. The molecular formula is C14H8FN3O3. The Morgan fingerprint density at radius 1 is 1.29 bits per heavy atom. The number of aromatic carboxylic acids is 1. The first-order valence-corrected chi connectivity index (χ1v) is 5.71. The summed E-state index contributed by atoms with van der Waals surface area (Å²) in [7, 11) is 0. The number of hydrogen-bond donors (Lipinski definition) is 2. The van der Waals surface area contributed by atoms with E-state index in [1.165, 1.54) is 24.4 Å². The van der Waals surface area contributed by atoms with Crippen molar-refractivity contribution in [3.05, 3.63) is 59.2 Å². The highest BCUT2D eigenvalue weighted by atomic mass is 19.1. The number of carbonyl (C=O) groups is 2. The molecule has 0 bridgehead atoms. The van der Waals surface area contributed by atoms with Crippen molar-refractivity contribution < 1.29 is 19.1 Å². The van der Waals surface area contributed by atoms with Crippen LogP contribution in [0.3, 0.4) is 0 Å². The molecule has 0 unspecified atom stereocenters. The maximum Gasteiger partial charge on any atom is 0.338 e. The summed E-state index contributed by atoms with van der Waals surface area (Å²) < 4.78 is 13.2. The number of anilines is 1. The summed E-state index contributed by atoms with van der Waals surface area (Å²) in [5.41, 5.74) is -0.0535. The third-order valence-corrected chi connectivity index (χ3v) is 2.58. The first-order valence-electron chi connectivity index (χ1n) is 5.71. The SMILES string of the molecule is N#Cc1ccc(C(=O)Nc2ccc(F)c(C(=O)O)c2)nc1. The number of hydrogen-bond acceptors (Lipinski definition) is 4. The van der Waals surface area contributed by atoms with E-state index < -0.39 is 23.3 Å². The molecule has 104 valence electrons. The predicted octanol–water partition coefficient (Wildman–Crippen LogP) is 2.04. The van der Waals surface area contributed by atoms with Crippen molar-refractivity contribution in [1.29, 1.82) is 5.26 Å². The lowest BCUT2D eigenvalue weighted by atomic mass is 10.2. The van der Waals surface area contributed by atoms with Crippen LogP contribution in [0.2, 0.25) is 0 Å². The minimum Gasteiger partial charge on any atom is -0.478 e. The number of amides is 1. The Morgan fingerprint density at radius 2 is 2.05 bits per heavy atom. The van der Waals surface area contributed by atoms with Crippen molar-refractivity contribution in [1.82, 2.24) is 4.98 Å². The van der Waals surface area contributed by atoms with Crippen LogP contribution in [0.5, 0.6) is 0 Å². The summed E-state index contributed by atoms with van der Waals surface area (Å²) in [4.78, 5) is 26.5. The zero-order valence-corrected chi connectivity index (χ0v) is 10.5. The van der Waals surface area contributed by atoms with Gasteiger partial charge in [-0.25, -0.2) is 14.2 Å². The average Bonchev–Trinajstić information content (AvgIpc) is 2.49. The molecule has 1 heterocycles. The number of nitrogens with one attached hydrogen (secondary N) is 1. The van der Waals surface area contributed by atoms with Crippen LogP contribution < -0.4 is 5.32 Å². The van der Waals surface area contributed by atoms with Crippen molar-refractivity contribution in [3.8, 4) is 6.07 Å². The molecule has 1 amide bonds. The van der Waals surface area contributed by atoms with E-state index in [1.54, 1.807) is 0 Å². The smallest absolute Gasteiger partial charge is 0.338 e. The minimum absolute atomic E-state index is 0.0511. The number of carboxylic acid groups (broad SMARTS) is 1. The van der Waals surface area contributed by atoms with Gasteiger partial charge in [-0.3, -0.25) is 4.79 Å². The Hall–Kier alpha value is -3.27. The number of carboxylic acids is 1. The fraction of sp³-hybridized carbons (Fsp3) is 0. The van der Waals surface area contributed by atoms with Crippen LogP contribution in [0.4, 0.5) is 10.1 Å². The molecule has 0 aliphatic rings. The molecular weight excluding hydrogens is 277 g/mol. The van der Waals surface area contributed by atoms with Crippen LogP contribution in [-0.2, 0) is 0 Å². The van der Waals surface area contributed by atoms with Crippen LogP contribution in [0.1, 0.15) is 26.4 Å². The lowest BCUT2D eigenvalue weighted by Crippen LogP contribution is -2.14. The van der Waals surface area contributed by atoms with Gasteiger partial charge in [-0.15, -0.1) is 0 Å². The molecule has 0 spiro atoms. The van der Waals surface area contributed by atoms with E-state index in [9.17, 15) is 14.0 Å². The Kier molecular flexibility index (Phi) is 3.90. The zero-order chi connectivity index (χ0) is 15.4. The van der Waals surface area contributed by atoms with Gasteiger partial charge in [-0.1, -0.05) is 0 Å². The highest BCUT2D eigenvalue weighted by Gasteiger charge is 2.13. The number of pyridine rings is 1. The molecule has 2 rings (SSSR count). The maximum absolute atomic E-state index is 13.2. The van der Waals surface area contributed by atoms with Gasteiger partial charge in [-0.2, -0.15) is 5.26 Å². The van der Waals surface area contributed by atoms with Crippen molar-refractivity contribution in [2.24, 2.45) is 0 Å². The molecule has 6 nitrogen and oxygen atoms in total. The molecule has 1 aromatic heterocycles. The fourth-order valence-electron chi connectivity index (χ4n) is 1.56. The molecule has 0 saturated heterocycles. The van der Waals surface area contributed by atoms with Crippen LogP contribution in [0.15, 0.2) is 36.5 Å². The number of nitriles is 1. The first kappa shape index (κ1) is 14.1. The van der Waals surface area contributed by atoms with E-state index in [4.69, 9.17) is 10.4 Å². The largest absolute Gasteiger partial charge is 0.478 e. The Morgan fingerprint density at radius 3 is 2.62 bits per heavy atom. The maximum atomic E-state index is 13.2. The van der Waals surface area contributed by atoms with Gasteiger partial charge in [0.15, 0.2) is 0 Å². The number of benzene rings is 1. The van der Waals surface area contributed by atoms with E-state index in [0.29, 0.717) is 5.56 Å². The molecule has 2 aromatic rings. The van der Waals surface area contributed by atoms with Gasteiger partial charge < -0.3 is 10.4 Å². The second-order valence-electron chi connectivity index (χ2n) is 4.00. The van der Waals surface area contributed by atoms with E-state index >= 15 is 0 Å². The van der Waals surface area contributed by atoms with Crippen LogP contribution in [-0.4, -0.2) is 22.0 Å². The van der Waals surface area contributed by atoms with E-state index in [0.717, 1.165) is 12.1 Å². The van der Waals surface area contributed by atoms with Crippen LogP contribution in [0, 0.1) is 17.1 Å². The minimum atomic E-state index is -1.43. The Bertz CT molecular complexity index is 751. The zero-order valence-electron chi connectivity index (χ0n) is 10.5. The molecule has 0 atom stereocenters. The third kappa shape index (κ3) is 3.19. The van der Waals surface area contributed by atoms with Gasteiger partial charge in [0.1, 0.15) is 17.6 Å². The van der Waals surface area contributed by atoms with Gasteiger partial charge in [0.25, 0.3) is 5.91 Å². The third-order valence-electron chi connectivity index (χ3n) is 2.58. The average molecular weight is 285 g/mol. The molecule has 21 heavy (non-hydrogen) atoms.